The van der Waals surface area contributed by atoms with Crippen LogP contribution in [0.4, 0.5) is 5.69 Å². The van der Waals surface area contributed by atoms with Crippen LogP contribution >= 0.6 is 0 Å². The summed E-state index contributed by atoms with van der Waals surface area (Å²) in [6.07, 6.45) is 0.375. The van der Waals surface area contributed by atoms with Gasteiger partial charge in [0.2, 0.25) is 5.91 Å². The second-order valence-electron chi connectivity index (χ2n) is 6.03. The molecule has 0 bridgehead atoms. The molecule has 126 valence electrons. The number of hydrogen-bond donors (Lipinski definition) is 1. The third-order valence-corrected chi connectivity index (χ3v) is 6.32. The maximum Gasteiger partial charge on any atom is 0.265 e. The van der Waals surface area contributed by atoms with Gasteiger partial charge in [0.1, 0.15) is 6.04 Å². The van der Waals surface area contributed by atoms with Gasteiger partial charge in [0.05, 0.1) is 10.6 Å². The Labute approximate surface area is 142 Å². The molecule has 0 aromatic heterocycles. The van der Waals surface area contributed by atoms with E-state index in [-0.39, 0.29) is 10.8 Å². The minimum absolute atomic E-state index is 0.235. The summed E-state index contributed by atoms with van der Waals surface area (Å²) in [6, 6.07) is 11.7. The van der Waals surface area contributed by atoms with Crippen LogP contribution in [0.3, 0.4) is 0 Å². The number of nitrogens with one attached hydrogen (secondary N) is 1. The van der Waals surface area contributed by atoms with Gasteiger partial charge >= 0.3 is 0 Å². The average Bonchev–Trinajstić information content (AvgIpc) is 2.93. The SMILES string of the molecule is CNC(=O)[C@H]1Cc2ccccc2N1S(=O)(=O)c1ccc(C)cc1C. The molecule has 6 heteroatoms. The molecule has 0 spiro atoms. The van der Waals surface area contributed by atoms with Crippen molar-refractivity contribution in [2.24, 2.45) is 0 Å². The van der Waals surface area contributed by atoms with E-state index in [0.717, 1.165) is 11.1 Å². The first-order chi connectivity index (χ1) is 11.4. The highest BCUT2D eigenvalue weighted by Gasteiger charge is 2.42. The van der Waals surface area contributed by atoms with Crippen molar-refractivity contribution in [3.8, 4) is 0 Å². The van der Waals surface area contributed by atoms with E-state index in [4.69, 9.17) is 0 Å². The van der Waals surface area contributed by atoms with Crippen molar-refractivity contribution in [1.82, 2.24) is 5.32 Å². The number of sulfonamides is 1. The molecule has 0 saturated carbocycles. The van der Waals surface area contributed by atoms with Gasteiger partial charge in [-0.3, -0.25) is 9.10 Å². The van der Waals surface area contributed by atoms with E-state index in [1.807, 2.05) is 25.1 Å². The molecular formula is C18H20N2O3S. The zero-order chi connectivity index (χ0) is 17.5. The topological polar surface area (TPSA) is 66.5 Å². The van der Waals surface area contributed by atoms with Crippen molar-refractivity contribution in [2.75, 3.05) is 11.4 Å². The Morgan fingerprint density at radius 2 is 1.88 bits per heavy atom. The van der Waals surface area contributed by atoms with Gasteiger partial charge in [-0.25, -0.2) is 8.42 Å². The van der Waals surface area contributed by atoms with Gasteiger partial charge < -0.3 is 5.32 Å². The molecule has 1 aliphatic rings. The van der Waals surface area contributed by atoms with E-state index >= 15 is 0 Å². The van der Waals surface area contributed by atoms with Crippen LogP contribution in [-0.4, -0.2) is 27.4 Å². The molecule has 24 heavy (non-hydrogen) atoms. The monoisotopic (exact) mass is 344 g/mol. The van der Waals surface area contributed by atoms with Crippen molar-refractivity contribution < 1.29 is 13.2 Å². The average molecular weight is 344 g/mol. The molecule has 3 rings (SSSR count). The number of para-hydroxylation sites is 1. The first-order valence-corrected chi connectivity index (χ1v) is 9.21. The summed E-state index contributed by atoms with van der Waals surface area (Å²) in [7, 11) is -2.31. The summed E-state index contributed by atoms with van der Waals surface area (Å²) in [5.74, 6) is -0.306. The molecule has 0 saturated heterocycles. The smallest absolute Gasteiger partial charge is 0.265 e. The van der Waals surface area contributed by atoms with Crippen LogP contribution in [0.15, 0.2) is 47.4 Å². The number of amides is 1. The van der Waals surface area contributed by atoms with Gasteiger partial charge in [0, 0.05) is 13.5 Å². The number of carbonyl (C=O) groups is 1. The second-order valence-corrected chi connectivity index (χ2v) is 7.82. The second kappa shape index (κ2) is 5.94. The summed E-state index contributed by atoms with van der Waals surface area (Å²) >= 11 is 0. The van der Waals surface area contributed by atoms with E-state index < -0.39 is 16.1 Å². The molecule has 5 nitrogen and oxygen atoms in total. The normalized spacial score (nSPS) is 16.8. The van der Waals surface area contributed by atoms with Gasteiger partial charge in [-0.1, -0.05) is 35.9 Å². The van der Waals surface area contributed by atoms with Gasteiger partial charge in [-0.2, -0.15) is 0 Å². The number of rotatable bonds is 3. The van der Waals surface area contributed by atoms with Gasteiger partial charge in [0.15, 0.2) is 0 Å². The van der Waals surface area contributed by atoms with Crippen molar-refractivity contribution in [3.05, 3.63) is 59.2 Å². The van der Waals surface area contributed by atoms with Crippen LogP contribution in [0.1, 0.15) is 16.7 Å². The number of anilines is 1. The van der Waals surface area contributed by atoms with E-state index in [0.29, 0.717) is 17.7 Å². The minimum Gasteiger partial charge on any atom is -0.357 e. The first kappa shape index (κ1) is 16.5. The molecule has 1 amide bonds. The molecule has 1 heterocycles. The molecule has 1 atom stereocenters. The molecule has 2 aromatic rings. The first-order valence-electron chi connectivity index (χ1n) is 7.77. The Bertz CT molecular complexity index is 906. The minimum atomic E-state index is -3.83. The van der Waals surface area contributed by atoms with Gasteiger partial charge in [-0.05, 0) is 37.1 Å². The summed E-state index contributed by atoms with van der Waals surface area (Å²) in [6.45, 7) is 3.69. The quantitative estimate of drug-likeness (QED) is 0.928. The highest BCUT2D eigenvalue weighted by atomic mass is 32.2. The standard InChI is InChI=1S/C18H20N2O3S/c1-12-8-9-17(13(2)10-12)24(22,23)20-15-7-5-4-6-14(15)11-16(20)18(21)19-3/h4-10,16H,11H2,1-3H3,(H,19,21)/t16-/m1/s1. The van der Waals surface area contributed by atoms with E-state index in [2.05, 4.69) is 5.32 Å². The zero-order valence-corrected chi connectivity index (χ0v) is 14.7. The Morgan fingerprint density at radius 1 is 1.17 bits per heavy atom. The van der Waals surface area contributed by atoms with Crippen LogP contribution in [0.2, 0.25) is 0 Å². The molecular weight excluding hydrogens is 324 g/mol. The van der Waals surface area contributed by atoms with E-state index in [9.17, 15) is 13.2 Å². The van der Waals surface area contributed by atoms with Gasteiger partial charge in [-0.15, -0.1) is 0 Å². The molecule has 2 aromatic carbocycles. The summed E-state index contributed by atoms with van der Waals surface area (Å²) < 4.78 is 27.9. The Hall–Kier alpha value is -2.34. The Morgan fingerprint density at radius 3 is 2.54 bits per heavy atom. The molecule has 0 aliphatic carbocycles. The third kappa shape index (κ3) is 2.57. The lowest BCUT2D eigenvalue weighted by Gasteiger charge is -2.26. The predicted octanol–water partition coefficient (Wildman–Crippen LogP) is 2.17. The number of hydrogen-bond acceptors (Lipinski definition) is 3. The predicted molar refractivity (Wildman–Crippen MR) is 93.6 cm³/mol. The van der Waals surface area contributed by atoms with Crippen molar-refractivity contribution in [3.63, 3.8) is 0 Å². The third-order valence-electron chi connectivity index (χ3n) is 4.34. The number of carbonyl (C=O) groups excluding carboxylic acids is 1. The highest BCUT2D eigenvalue weighted by molar-refractivity contribution is 7.93. The zero-order valence-electron chi connectivity index (χ0n) is 13.9. The van der Waals surface area contributed by atoms with E-state index in [1.165, 1.54) is 11.4 Å². The number of fused-ring (bicyclic) bond motifs is 1. The fraction of sp³-hybridized carbons (Fsp3) is 0.278. The number of benzene rings is 2. The Balaban J connectivity index is 2.17. The van der Waals surface area contributed by atoms with Crippen LogP contribution in [-0.2, 0) is 21.2 Å². The van der Waals surface area contributed by atoms with Crippen LogP contribution in [0.5, 0.6) is 0 Å². The number of nitrogens with zero attached hydrogens (tertiary/aromatic N) is 1. The number of aryl methyl sites for hydroxylation is 2. The van der Waals surface area contributed by atoms with Crippen molar-refractivity contribution in [2.45, 2.75) is 31.2 Å². The van der Waals surface area contributed by atoms with Crippen molar-refractivity contribution in [1.29, 1.82) is 0 Å². The largest absolute Gasteiger partial charge is 0.357 e. The summed E-state index contributed by atoms with van der Waals surface area (Å²) in [5, 5.41) is 2.57. The lowest BCUT2D eigenvalue weighted by molar-refractivity contribution is -0.121. The van der Waals surface area contributed by atoms with Gasteiger partial charge in [0.25, 0.3) is 10.0 Å². The molecule has 1 N–H and O–H groups in total. The molecule has 0 radical (unpaired) electrons. The van der Waals surface area contributed by atoms with Crippen LogP contribution in [0.25, 0.3) is 0 Å². The number of likely N-dealkylation sites (N-methyl/N-ethyl adjacent to an activating group) is 1. The fourth-order valence-electron chi connectivity index (χ4n) is 3.22. The maximum absolute atomic E-state index is 13.3. The maximum atomic E-state index is 13.3. The fourth-order valence-corrected chi connectivity index (χ4v) is 5.08. The molecule has 0 fully saturated rings. The molecule has 1 aliphatic heterocycles. The van der Waals surface area contributed by atoms with Crippen LogP contribution in [0, 0.1) is 13.8 Å². The highest BCUT2D eigenvalue weighted by Crippen LogP contribution is 2.37. The summed E-state index contributed by atoms with van der Waals surface area (Å²) in [4.78, 5) is 12.5. The lowest BCUT2D eigenvalue weighted by Crippen LogP contribution is -2.47. The Kier molecular flexibility index (Phi) is 4.09. The lowest BCUT2D eigenvalue weighted by atomic mass is 10.1. The summed E-state index contributed by atoms with van der Waals surface area (Å²) in [5.41, 5.74) is 3.11. The van der Waals surface area contributed by atoms with Crippen LogP contribution < -0.4 is 9.62 Å². The van der Waals surface area contributed by atoms with Crippen molar-refractivity contribution >= 4 is 21.6 Å². The molecule has 0 unspecified atom stereocenters. The van der Waals surface area contributed by atoms with E-state index in [1.54, 1.807) is 31.2 Å².